The molecule has 1 N–H and O–H groups in total. The van der Waals surface area contributed by atoms with Crippen molar-refractivity contribution in [3.8, 4) is 0 Å². The Hall–Kier alpha value is -1.55. The van der Waals surface area contributed by atoms with Gasteiger partial charge in [-0.1, -0.05) is 53.0 Å². The van der Waals surface area contributed by atoms with Crippen LogP contribution in [0.1, 0.15) is 15.9 Å². The molecule has 6 heteroatoms. The molecule has 0 saturated carbocycles. The Balaban J connectivity index is 2.12. The van der Waals surface area contributed by atoms with Gasteiger partial charge in [-0.15, -0.1) is 0 Å². The Morgan fingerprint density at radius 2 is 1.65 bits per heavy atom. The molecule has 3 nitrogen and oxygen atoms in total. The minimum absolute atomic E-state index is 0.289. The Bertz CT molecular complexity index is 657. The number of hydrazone groups is 1. The van der Waals surface area contributed by atoms with Crippen LogP contribution >= 0.6 is 34.8 Å². The van der Waals surface area contributed by atoms with Gasteiger partial charge in [0.25, 0.3) is 5.91 Å². The van der Waals surface area contributed by atoms with E-state index in [1.165, 1.54) is 6.21 Å². The normalized spacial score (nSPS) is 10.8. The summed E-state index contributed by atoms with van der Waals surface area (Å²) in [4.78, 5) is 11.8. The first kappa shape index (κ1) is 14.9. The maximum atomic E-state index is 11.8. The molecule has 0 fully saturated rings. The largest absolute Gasteiger partial charge is 0.271 e. The van der Waals surface area contributed by atoms with Crippen molar-refractivity contribution >= 4 is 46.9 Å². The summed E-state index contributed by atoms with van der Waals surface area (Å²) in [6.07, 6.45) is 1.36. The van der Waals surface area contributed by atoms with Gasteiger partial charge >= 0.3 is 0 Å². The number of nitrogens with one attached hydrogen (secondary N) is 1. The van der Waals surface area contributed by atoms with E-state index >= 15 is 0 Å². The fourth-order valence-electron chi connectivity index (χ4n) is 1.47. The van der Waals surface area contributed by atoms with Gasteiger partial charge in [-0.2, -0.15) is 5.10 Å². The van der Waals surface area contributed by atoms with Gasteiger partial charge in [-0.3, -0.25) is 4.79 Å². The summed E-state index contributed by atoms with van der Waals surface area (Å²) in [5.74, 6) is -0.323. The fourth-order valence-corrected chi connectivity index (χ4v) is 2.10. The van der Waals surface area contributed by atoms with E-state index in [9.17, 15) is 4.79 Å². The molecule has 0 saturated heterocycles. The zero-order valence-corrected chi connectivity index (χ0v) is 12.4. The quantitative estimate of drug-likeness (QED) is 0.506. The molecule has 2 aromatic rings. The molecule has 0 bridgehead atoms. The third kappa shape index (κ3) is 3.51. The van der Waals surface area contributed by atoms with E-state index in [4.69, 9.17) is 34.8 Å². The first-order valence-corrected chi connectivity index (χ1v) is 6.75. The molecule has 0 atom stereocenters. The lowest BCUT2D eigenvalue weighted by Crippen LogP contribution is -2.17. The Morgan fingerprint density at radius 3 is 2.35 bits per heavy atom. The van der Waals surface area contributed by atoms with Crippen LogP contribution in [0.5, 0.6) is 0 Å². The molecular weight excluding hydrogens is 319 g/mol. The second-order valence-corrected chi connectivity index (χ2v) is 5.01. The van der Waals surface area contributed by atoms with E-state index in [2.05, 4.69) is 10.5 Å². The first-order chi connectivity index (χ1) is 9.59. The number of benzene rings is 2. The molecule has 2 rings (SSSR count). The number of carbonyl (C=O) groups excluding carboxylic acids is 1. The summed E-state index contributed by atoms with van der Waals surface area (Å²) in [6.45, 7) is 0. The van der Waals surface area contributed by atoms with Gasteiger partial charge in [0, 0.05) is 11.1 Å². The smallest absolute Gasteiger partial charge is 0.267 e. The summed E-state index contributed by atoms with van der Waals surface area (Å²) in [5.41, 5.74) is 3.35. The van der Waals surface area contributed by atoms with E-state index in [0.29, 0.717) is 21.2 Å². The summed E-state index contributed by atoms with van der Waals surface area (Å²) in [6, 6.07) is 11.9. The molecule has 0 aliphatic heterocycles. The Kier molecular flexibility index (Phi) is 5.01. The van der Waals surface area contributed by atoms with Gasteiger partial charge in [0.1, 0.15) is 0 Å². The van der Waals surface area contributed by atoms with Crippen LogP contribution in [-0.2, 0) is 0 Å². The van der Waals surface area contributed by atoms with Crippen molar-refractivity contribution in [2.24, 2.45) is 5.10 Å². The number of amides is 1. The van der Waals surface area contributed by atoms with Crippen LogP contribution < -0.4 is 5.43 Å². The predicted molar refractivity (Wildman–Crippen MR) is 83.0 cm³/mol. The monoisotopic (exact) mass is 326 g/mol. The molecule has 0 spiro atoms. The zero-order chi connectivity index (χ0) is 14.5. The highest BCUT2D eigenvalue weighted by Gasteiger charge is 2.08. The van der Waals surface area contributed by atoms with Crippen LogP contribution in [0, 0.1) is 0 Å². The van der Waals surface area contributed by atoms with Gasteiger partial charge in [-0.05, 0) is 24.3 Å². The Morgan fingerprint density at radius 1 is 1.00 bits per heavy atom. The molecule has 0 aliphatic rings. The molecule has 0 radical (unpaired) electrons. The molecule has 2 aromatic carbocycles. The van der Waals surface area contributed by atoms with Crippen LogP contribution in [0.3, 0.4) is 0 Å². The fraction of sp³-hybridized carbons (Fsp3) is 0. The van der Waals surface area contributed by atoms with Crippen LogP contribution in [-0.4, -0.2) is 12.1 Å². The van der Waals surface area contributed by atoms with Crippen molar-refractivity contribution < 1.29 is 4.79 Å². The average Bonchev–Trinajstić information content (AvgIpc) is 2.47. The first-order valence-electron chi connectivity index (χ1n) is 5.61. The maximum absolute atomic E-state index is 11.8. The predicted octanol–water partition coefficient (Wildman–Crippen LogP) is 4.41. The number of nitrogens with zero attached hydrogens (tertiary/aromatic N) is 1. The lowest BCUT2D eigenvalue weighted by molar-refractivity contribution is 0.0955. The van der Waals surface area contributed by atoms with Gasteiger partial charge in [0.15, 0.2) is 0 Å². The molecule has 20 heavy (non-hydrogen) atoms. The molecule has 1 amide bonds. The summed E-state index contributed by atoms with van der Waals surface area (Å²) >= 11 is 17.9. The number of carbonyl (C=O) groups is 1. The molecular formula is C14H9Cl3N2O. The lowest BCUT2D eigenvalue weighted by atomic mass is 10.2. The molecule has 102 valence electrons. The van der Waals surface area contributed by atoms with Gasteiger partial charge < -0.3 is 0 Å². The third-order valence-corrected chi connectivity index (χ3v) is 3.62. The van der Waals surface area contributed by atoms with Crippen molar-refractivity contribution in [2.45, 2.75) is 0 Å². The number of hydrogen-bond acceptors (Lipinski definition) is 2. The van der Waals surface area contributed by atoms with Crippen LogP contribution in [0.15, 0.2) is 47.6 Å². The van der Waals surface area contributed by atoms with E-state index in [1.807, 2.05) is 6.07 Å². The highest BCUT2D eigenvalue weighted by atomic mass is 35.5. The van der Waals surface area contributed by atoms with Gasteiger partial charge in [-0.25, -0.2) is 5.43 Å². The van der Waals surface area contributed by atoms with Crippen molar-refractivity contribution in [2.75, 3.05) is 0 Å². The van der Waals surface area contributed by atoms with Gasteiger partial charge in [0.2, 0.25) is 0 Å². The number of hydrogen-bond donors (Lipinski definition) is 1. The third-order valence-electron chi connectivity index (χ3n) is 2.48. The zero-order valence-electron chi connectivity index (χ0n) is 10.1. The highest BCUT2D eigenvalue weighted by molar-refractivity contribution is 6.45. The van der Waals surface area contributed by atoms with Crippen molar-refractivity contribution in [3.05, 3.63) is 68.7 Å². The van der Waals surface area contributed by atoms with Crippen molar-refractivity contribution in [1.82, 2.24) is 5.43 Å². The second-order valence-electron chi connectivity index (χ2n) is 3.82. The molecule has 0 aliphatic carbocycles. The minimum Gasteiger partial charge on any atom is -0.267 e. The van der Waals surface area contributed by atoms with E-state index in [0.717, 1.165) is 0 Å². The van der Waals surface area contributed by atoms with Crippen molar-refractivity contribution in [3.63, 3.8) is 0 Å². The topological polar surface area (TPSA) is 41.5 Å². The number of halogens is 3. The van der Waals surface area contributed by atoms with E-state index in [1.54, 1.807) is 36.4 Å². The van der Waals surface area contributed by atoms with Crippen LogP contribution in [0.2, 0.25) is 15.1 Å². The average molecular weight is 328 g/mol. The molecule has 0 unspecified atom stereocenters. The maximum Gasteiger partial charge on any atom is 0.271 e. The van der Waals surface area contributed by atoms with E-state index < -0.39 is 0 Å². The minimum atomic E-state index is -0.323. The summed E-state index contributed by atoms with van der Waals surface area (Å²) in [7, 11) is 0. The summed E-state index contributed by atoms with van der Waals surface area (Å²) < 4.78 is 0. The summed E-state index contributed by atoms with van der Waals surface area (Å²) in [5, 5.41) is 4.88. The van der Waals surface area contributed by atoms with E-state index in [-0.39, 0.29) is 10.9 Å². The highest BCUT2D eigenvalue weighted by Crippen LogP contribution is 2.29. The number of rotatable bonds is 3. The van der Waals surface area contributed by atoms with Crippen LogP contribution in [0.25, 0.3) is 0 Å². The van der Waals surface area contributed by atoms with Crippen molar-refractivity contribution in [1.29, 1.82) is 0 Å². The standard InChI is InChI=1S/C14H9Cl3N2O/c15-11-6-7-12(16)13(17)10(11)8-18-19-14(20)9-4-2-1-3-5-9/h1-8H,(H,19,20)/b18-8+. The Labute approximate surface area is 131 Å². The molecule has 0 heterocycles. The van der Waals surface area contributed by atoms with Crippen LogP contribution in [0.4, 0.5) is 0 Å². The SMILES string of the molecule is O=C(N/N=C/c1c(Cl)ccc(Cl)c1Cl)c1ccccc1. The second kappa shape index (κ2) is 6.75. The lowest BCUT2D eigenvalue weighted by Gasteiger charge is -2.03. The van der Waals surface area contributed by atoms with Gasteiger partial charge in [0.05, 0.1) is 21.3 Å². The molecule has 0 aromatic heterocycles.